The zero-order valence-electron chi connectivity index (χ0n) is 30.5. The van der Waals surface area contributed by atoms with Gasteiger partial charge in [0.2, 0.25) is 0 Å². The lowest BCUT2D eigenvalue weighted by atomic mass is 9.79. The molecule has 0 aliphatic carbocycles. The van der Waals surface area contributed by atoms with E-state index in [2.05, 4.69) is 10.6 Å². The Morgan fingerprint density at radius 3 is 2.40 bits per heavy atom. The summed E-state index contributed by atoms with van der Waals surface area (Å²) in [7, 11) is 0. The van der Waals surface area contributed by atoms with Gasteiger partial charge in [-0.2, -0.15) is 0 Å². The Bertz CT molecular complexity index is 1920. The molecular weight excluding hydrogens is 725 g/mol. The maximum Gasteiger partial charge on any atom is 0.407 e. The number of aliphatic hydroxyl groups is 1. The molecule has 5 atom stereocenters. The Morgan fingerprint density at radius 1 is 1.09 bits per heavy atom. The van der Waals surface area contributed by atoms with Crippen molar-refractivity contribution in [2.24, 2.45) is 11.3 Å². The molecular formula is C38H43F3N6O8. The molecule has 1 saturated heterocycles. The van der Waals surface area contributed by atoms with Crippen molar-refractivity contribution in [3.63, 3.8) is 0 Å². The lowest BCUT2D eigenvalue weighted by Crippen LogP contribution is -2.51. The number of alkyl halides is 1. The number of carbonyl (C=O) groups excluding carboxylic acids is 4. The molecule has 5 rings (SSSR count). The van der Waals surface area contributed by atoms with E-state index in [4.69, 9.17) is 9.72 Å². The maximum atomic E-state index is 15.2. The van der Waals surface area contributed by atoms with E-state index in [1.807, 2.05) is 30.3 Å². The molecule has 0 saturated carbocycles. The fraction of sp³-hybridized carbons (Fsp3) is 0.421. The molecule has 0 bridgehead atoms. The molecule has 1 fully saturated rings. The van der Waals surface area contributed by atoms with Crippen molar-refractivity contribution in [1.29, 1.82) is 0 Å². The van der Waals surface area contributed by atoms with Gasteiger partial charge in [0.15, 0.2) is 0 Å². The summed E-state index contributed by atoms with van der Waals surface area (Å²) < 4.78 is 51.9. The van der Waals surface area contributed by atoms with Gasteiger partial charge in [-0.15, -0.1) is 0 Å². The van der Waals surface area contributed by atoms with Crippen molar-refractivity contribution in [2.75, 3.05) is 32.8 Å². The summed E-state index contributed by atoms with van der Waals surface area (Å²) in [4.78, 5) is 69.5. The first-order chi connectivity index (χ1) is 26.0. The van der Waals surface area contributed by atoms with Crippen LogP contribution in [0.5, 0.6) is 0 Å². The Morgan fingerprint density at radius 2 is 1.78 bits per heavy atom. The highest BCUT2D eigenvalue weighted by Crippen LogP contribution is 2.43. The van der Waals surface area contributed by atoms with Gasteiger partial charge in [0.1, 0.15) is 35.8 Å². The second kappa shape index (κ2) is 17.3. The minimum absolute atomic E-state index is 0.0245. The highest BCUT2D eigenvalue weighted by Gasteiger charge is 2.44. The SMILES string of the molecule is CC(O)C(=O)N(CC1CNCC1F)C(c1nc(-c2cc(F)ccc2F)cn1Cc1ccccc1)C(C)(C)CCOC(=O)NC(CN1C(=O)C=CC1=O)C(=O)O. The molecule has 2 aliphatic rings. The number of nitrogens with one attached hydrogen (secondary N) is 2. The Balaban J connectivity index is 1.51. The highest BCUT2D eigenvalue weighted by molar-refractivity contribution is 6.13. The molecule has 294 valence electrons. The van der Waals surface area contributed by atoms with Gasteiger partial charge in [0, 0.05) is 56.0 Å². The van der Waals surface area contributed by atoms with Gasteiger partial charge in [0.05, 0.1) is 24.9 Å². The van der Waals surface area contributed by atoms with Crippen LogP contribution in [-0.4, -0.2) is 110 Å². The molecule has 4 amide bonds. The van der Waals surface area contributed by atoms with Crippen LogP contribution in [0, 0.1) is 23.0 Å². The first-order valence-electron chi connectivity index (χ1n) is 17.6. The molecule has 14 nitrogen and oxygen atoms in total. The highest BCUT2D eigenvalue weighted by atomic mass is 19.1. The van der Waals surface area contributed by atoms with Crippen LogP contribution in [0.1, 0.15) is 44.6 Å². The Hall–Kier alpha value is -5.55. The third-order valence-corrected chi connectivity index (χ3v) is 9.67. The second-order valence-corrected chi connectivity index (χ2v) is 14.3. The van der Waals surface area contributed by atoms with Gasteiger partial charge in [0.25, 0.3) is 17.7 Å². The van der Waals surface area contributed by atoms with Crippen molar-refractivity contribution >= 4 is 29.8 Å². The molecule has 17 heteroatoms. The lowest BCUT2D eigenvalue weighted by Gasteiger charge is -2.43. The van der Waals surface area contributed by atoms with Gasteiger partial charge in [-0.05, 0) is 42.5 Å². The summed E-state index contributed by atoms with van der Waals surface area (Å²) in [5.41, 5.74) is -0.447. The number of aliphatic carboxylic acids is 1. The maximum absolute atomic E-state index is 15.2. The number of nitrogens with zero attached hydrogens (tertiary/aromatic N) is 4. The van der Waals surface area contributed by atoms with E-state index >= 15 is 8.78 Å². The normalized spacial score (nSPS) is 18.6. The molecule has 4 N–H and O–H groups in total. The predicted octanol–water partition coefficient (Wildman–Crippen LogP) is 3.21. The molecule has 0 spiro atoms. The average molecular weight is 769 g/mol. The number of aliphatic hydroxyl groups excluding tert-OH is 1. The summed E-state index contributed by atoms with van der Waals surface area (Å²) in [6.07, 6.45) is -0.593. The third kappa shape index (κ3) is 9.77. The van der Waals surface area contributed by atoms with Crippen molar-refractivity contribution < 1.29 is 52.1 Å². The minimum atomic E-state index is -1.69. The van der Waals surface area contributed by atoms with Gasteiger partial charge in [-0.3, -0.25) is 19.3 Å². The number of carbonyl (C=O) groups is 5. The largest absolute Gasteiger partial charge is 0.480 e. The number of carboxylic acids is 1. The zero-order valence-corrected chi connectivity index (χ0v) is 30.5. The Labute approximate surface area is 315 Å². The number of halogens is 3. The number of aromatic nitrogens is 2. The van der Waals surface area contributed by atoms with Crippen molar-refractivity contribution in [3.8, 4) is 11.3 Å². The van der Waals surface area contributed by atoms with Gasteiger partial charge < -0.3 is 35.1 Å². The summed E-state index contributed by atoms with van der Waals surface area (Å²) in [6, 6.07) is 9.26. The number of ether oxygens (including phenoxy) is 1. The number of carboxylic acid groups (broad SMARTS) is 1. The number of imide groups is 1. The Kier molecular flexibility index (Phi) is 12.8. The molecule has 55 heavy (non-hydrogen) atoms. The molecule has 3 heterocycles. The van der Waals surface area contributed by atoms with Crippen LogP contribution >= 0.6 is 0 Å². The number of amides is 4. The van der Waals surface area contributed by atoms with Crippen molar-refractivity contribution in [3.05, 3.63) is 89.9 Å². The number of hydrogen-bond acceptors (Lipinski definition) is 9. The summed E-state index contributed by atoms with van der Waals surface area (Å²) >= 11 is 0. The van der Waals surface area contributed by atoms with E-state index < -0.39 is 83.7 Å². The van der Waals surface area contributed by atoms with E-state index in [0.717, 1.165) is 35.9 Å². The number of imidazole rings is 1. The first kappa shape index (κ1) is 40.6. The third-order valence-electron chi connectivity index (χ3n) is 9.67. The van der Waals surface area contributed by atoms with Crippen LogP contribution in [0.3, 0.4) is 0 Å². The van der Waals surface area contributed by atoms with Gasteiger partial charge in [-0.1, -0.05) is 44.2 Å². The van der Waals surface area contributed by atoms with E-state index in [1.54, 1.807) is 18.4 Å². The van der Waals surface area contributed by atoms with Crippen molar-refractivity contribution in [2.45, 2.75) is 58.1 Å². The second-order valence-electron chi connectivity index (χ2n) is 14.3. The van der Waals surface area contributed by atoms with Crippen LogP contribution in [0.15, 0.2) is 66.9 Å². The topological polar surface area (TPSA) is 183 Å². The molecule has 2 aromatic carbocycles. The summed E-state index contributed by atoms with van der Waals surface area (Å²) in [6.45, 7) is 3.99. The molecule has 5 unspecified atom stereocenters. The lowest BCUT2D eigenvalue weighted by molar-refractivity contribution is -0.146. The zero-order chi connectivity index (χ0) is 40.0. The molecule has 3 aromatic rings. The fourth-order valence-corrected chi connectivity index (χ4v) is 6.69. The van der Waals surface area contributed by atoms with Gasteiger partial charge in [-0.25, -0.2) is 27.7 Å². The average Bonchev–Trinajstić information content (AvgIpc) is 3.82. The smallest absolute Gasteiger partial charge is 0.407 e. The van der Waals surface area contributed by atoms with E-state index in [0.29, 0.717) is 4.90 Å². The van der Waals surface area contributed by atoms with E-state index in [9.17, 15) is 38.6 Å². The van der Waals surface area contributed by atoms with Crippen LogP contribution < -0.4 is 10.6 Å². The van der Waals surface area contributed by atoms with Crippen molar-refractivity contribution in [1.82, 2.24) is 30.0 Å². The van der Waals surface area contributed by atoms with Crippen LogP contribution in [0.2, 0.25) is 0 Å². The van der Waals surface area contributed by atoms with E-state index in [-0.39, 0.29) is 56.3 Å². The van der Waals surface area contributed by atoms with Crippen LogP contribution in [-0.2, 0) is 30.5 Å². The van der Waals surface area contributed by atoms with Gasteiger partial charge >= 0.3 is 12.1 Å². The monoisotopic (exact) mass is 768 g/mol. The molecule has 1 aromatic heterocycles. The van der Waals surface area contributed by atoms with Crippen LogP contribution in [0.25, 0.3) is 11.3 Å². The number of alkyl carbamates (subject to hydrolysis) is 1. The number of rotatable bonds is 16. The minimum Gasteiger partial charge on any atom is -0.480 e. The quantitative estimate of drug-likeness (QED) is 0.158. The number of hydrogen-bond donors (Lipinski definition) is 4. The van der Waals surface area contributed by atoms with E-state index in [1.165, 1.54) is 18.0 Å². The molecule has 0 radical (unpaired) electrons. The summed E-state index contributed by atoms with van der Waals surface area (Å²) in [5.74, 6) is -5.72. The van der Waals surface area contributed by atoms with Crippen LogP contribution in [0.4, 0.5) is 18.0 Å². The number of benzene rings is 2. The fourth-order valence-electron chi connectivity index (χ4n) is 6.69. The summed E-state index contributed by atoms with van der Waals surface area (Å²) in [5, 5.41) is 25.4. The standard InChI is InChI=1S/C38H43F3N6O8/c1-22(48)35(51)47(19-24-16-42-17-28(24)41)33(38(2,3)13-14-55-37(54)44-30(36(52)53)21-46-31(49)11-12-32(46)50)34-43-29(26-15-25(39)9-10-27(26)40)20-45(34)18-23-7-5-4-6-8-23/h4-12,15,20,22,24,28,30,33,42,48H,13-14,16-19,21H2,1-3H3,(H,44,54)(H,52,53). The predicted molar refractivity (Wildman–Crippen MR) is 191 cm³/mol. The molecule has 2 aliphatic heterocycles. The first-order valence-corrected chi connectivity index (χ1v) is 17.6.